The predicted molar refractivity (Wildman–Crippen MR) is 98.3 cm³/mol. The summed E-state index contributed by atoms with van der Waals surface area (Å²) in [4.78, 5) is 2.46. The molecule has 2 fully saturated rings. The van der Waals surface area contributed by atoms with E-state index in [2.05, 4.69) is 33.4 Å². The van der Waals surface area contributed by atoms with Crippen LogP contribution in [0.4, 0.5) is 0 Å². The second-order valence-corrected chi connectivity index (χ2v) is 7.79. The van der Waals surface area contributed by atoms with E-state index in [9.17, 15) is 5.11 Å². The Morgan fingerprint density at radius 2 is 1.96 bits per heavy atom. The van der Waals surface area contributed by atoms with Crippen molar-refractivity contribution < 1.29 is 9.74 Å². The maximum Gasteiger partial charge on any atom is 0.139 e. The number of aromatic nitrogens is 2. The first kappa shape index (κ1) is 16.0. The van der Waals surface area contributed by atoms with Gasteiger partial charge in [-0.15, -0.1) is 0 Å². The molecule has 1 aromatic heterocycles. The molecule has 3 atom stereocenters. The van der Waals surface area contributed by atoms with E-state index < -0.39 is 5.60 Å². The molecule has 5 rings (SSSR count). The van der Waals surface area contributed by atoms with Crippen LogP contribution in [-0.4, -0.2) is 33.4 Å². The number of hydrogen-bond acceptors (Lipinski definition) is 5. The van der Waals surface area contributed by atoms with Gasteiger partial charge in [0.05, 0.1) is 5.60 Å². The lowest BCUT2D eigenvalue weighted by molar-refractivity contribution is -0.0648. The Morgan fingerprint density at radius 1 is 1.08 bits per heavy atom. The van der Waals surface area contributed by atoms with Crippen molar-refractivity contribution in [3.8, 4) is 0 Å². The van der Waals surface area contributed by atoms with E-state index in [1.807, 2.05) is 30.3 Å². The molecule has 1 aliphatic carbocycles. The summed E-state index contributed by atoms with van der Waals surface area (Å²) < 4.78 is 4.90. The molecule has 0 spiro atoms. The standard InChI is InChI=1S/C21H23N3O2/c25-21(17-8-2-1-3-9-17)11-5-7-15-12-24(14-18(15)21)13-16-6-4-10-19-20(16)23-26-22-19/h1-4,6,8-10,15,18,25H,5,7,11-14H2/t15-,18+,21+/m1/s1. The van der Waals surface area contributed by atoms with Gasteiger partial charge in [0.1, 0.15) is 11.0 Å². The molecule has 2 aromatic carbocycles. The van der Waals surface area contributed by atoms with Gasteiger partial charge in [-0.2, -0.15) is 0 Å². The zero-order valence-corrected chi connectivity index (χ0v) is 14.7. The number of rotatable bonds is 3. The topological polar surface area (TPSA) is 62.4 Å². The summed E-state index contributed by atoms with van der Waals surface area (Å²) in [6.45, 7) is 2.77. The van der Waals surface area contributed by atoms with Gasteiger partial charge < -0.3 is 5.11 Å². The van der Waals surface area contributed by atoms with Gasteiger partial charge in [0.2, 0.25) is 0 Å². The Balaban J connectivity index is 1.41. The molecule has 26 heavy (non-hydrogen) atoms. The van der Waals surface area contributed by atoms with Gasteiger partial charge in [-0.25, -0.2) is 4.63 Å². The highest BCUT2D eigenvalue weighted by Gasteiger charge is 2.49. The zero-order chi connectivity index (χ0) is 17.6. The molecule has 1 saturated carbocycles. The van der Waals surface area contributed by atoms with Crippen LogP contribution in [0.2, 0.25) is 0 Å². The fourth-order valence-electron chi connectivity index (χ4n) is 5.06. The maximum absolute atomic E-state index is 11.6. The molecule has 3 aromatic rings. The van der Waals surface area contributed by atoms with E-state index in [1.165, 1.54) is 6.42 Å². The molecule has 5 heteroatoms. The molecule has 2 heterocycles. The van der Waals surface area contributed by atoms with Crippen molar-refractivity contribution in [3.05, 3.63) is 59.7 Å². The van der Waals surface area contributed by atoms with E-state index in [0.717, 1.165) is 54.6 Å². The molecule has 0 unspecified atom stereocenters. The third kappa shape index (κ3) is 2.54. The Bertz CT molecular complexity index is 910. The fraction of sp³-hybridized carbons (Fsp3) is 0.429. The average Bonchev–Trinajstić information content (AvgIpc) is 3.30. The van der Waals surface area contributed by atoms with Crippen LogP contribution in [0.1, 0.15) is 30.4 Å². The van der Waals surface area contributed by atoms with Crippen molar-refractivity contribution in [2.24, 2.45) is 11.8 Å². The molecule has 1 N–H and O–H groups in total. The number of nitrogens with zero attached hydrogens (tertiary/aromatic N) is 3. The van der Waals surface area contributed by atoms with Crippen molar-refractivity contribution in [1.29, 1.82) is 0 Å². The van der Waals surface area contributed by atoms with Crippen LogP contribution in [0.25, 0.3) is 11.0 Å². The lowest BCUT2D eigenvalue weighted by atomic mass is 9.67. The smallest absolute Gasteiger partial charge is 0.139 e. The predicted octanol–water partition coefficient (Wildman–Crippen LogP) is 3.34. The minimum atomic E-state index is -0.708. The van der Waals surface area contributed by atoms with Crippen LogP contribution < -0.4 is 0 Å². The summed E-state index contributed by atoms with van der Waals surface area (Å²) in [6, 6.07) is 16.3. The summed E-state index contributed by atoms with van der Waals surface area (Å²) in [5, 5.41) is 19.6. The third-order valence-corrected chi connectivity index (χ3v) is 6.30. The highest BCUT2D eigenvalue weighted by Crippen LogP contribution is 2.48. The molecule has 0 radical (unpaired) electrons. The van der Waals surface area contributed by atoms with E-state index >= 15 is 0 Å². The van der Waals surface area contributed by atoms with Gasteiger partial charge in [-0.05, 0) is 52.7 Å². The van der Waals surface area contributed by atoms with Crippen molar-refractivity contribution in [3.63, 3.8) is 0 Å². The van der Waals surface area contributed by atoms with Gasteiger partial charge in [0.15, 0.2) is 0 Å². The fourth-order valence-corrected chi connectivity index (χ4v) is 5.06. The summed E-state index contributed by atoms with van der Waals surface area (Å²) >= 11 is 0. The lowest BCUT2D eigenvalue weighted by Gasteiger charge is -2.41. The van der Waals surface area contributed by atoms with Crippen molar-refractivity contribution >= 4 is 11.0 Å². The Labute approximate surface area is 152 Å². The van der Waals surface area contributed by atoms with Crippen LogP contribution in [0.5, 0.6) is 0 Å². The largest absolute Gasteiger partial charge is 0.385 e. The minimum absolute atomic E-state index is 0.285. The van der Waals surface area contributed by atoms with Gasteiger partial charge in [-0.3, -0.25) is 4.90 Å². The summed E-state index contributed by atoms with van der Waals surface area (Å²) in [5.41, 5.74) is 3.16. The number of benzene rings is 2. The first-order valence-corrected chi connectivity index (χ1v) is 9.44. The highest BCUT2D eigenvalue weighted by atomic mass is 16.6. The third-order valence-electron chi connectivity index (χ3n) is 6.30. The number of aliphatic hydroxyl groups is 1. The summed E-state index contributed by atoms with van der Waals surface area (Å²) in [5.74, 6) is 0.830. The highest BCUT2D eigenvalue weighted by molar-refractivity contribution is 5.76. The zero-order valence-electron chi connectivity index (χ0n) is 14.7. The normalized spacial score (nSPS) is 29.1. The number of likely N-dealkylation sites (tertiary alicyclic amines) is 1. The van der Waals surface area contributed by atoms with Crippen molar-refractivity contribution in [2.45, 2.75) is 31.4 Å². The Morgan fingerprint density at radius 3 is 2.85 bits per heavy atom. The minimum Gasteiger partial charge on any atom is -0.385 e. The quantitative estimate of drug-likeness (QED) is 0.786. The molecule has 1 saturated heterocycles. The van der Waals surface area contributed by atoms with Crippen LogP contribution >= 0.6 is 0 Å². The molecule has 2 aliphatic rings. The Hall–Kier alpha value is -2.24. The molecule has 134 valence electrons. The molecule has 0 amide bonds. The van der Waals surface area contributed by atoms with Gasteiger partial charge in [0.25, 0.3) is 0 Å². The van der Waals surface area contributed by atoms with E-state index in [0.29, 0.717) is 5.92 Å². The second-order valence-electron chi connectivity index (χ2n) is 7.79. The molecular formula is C21H23N3O2. The van der Waals surface area contributed by atoms with E-state index in [-0.39, 0.29) is 5.92 Å². The molecule has 1 aliphatic heterocycles. The van der Waals surface area contributed by atoms with Gasteiger partial charge >= 0.3 is 0 Å². The Kier molecular flexibility index (Phi) is 3.80. The van der Waals surface area contributed by atoms with Crippen LogP contribution in [0, 0.1) is 11.8 Å². The van der Waals surface area contributed by atoms with E-state index in [1.54, 1.807) is 0 Å². The number of fused-ring (bicyclic) bond motifs is 2. The van der Waals surface area contributed by atoms with Crippen molar-refractivity contribution in [2.75, 3.05) is 13.1 Å². The molecular weight excluding hydrogens is 326 g/mol. The van der Waals surface area contributed by atoms with Crippen LogP contribution in [0.3, 0.4) is 0 Å². The molecule has 5 nitrogen and oxygen atoms in total. The van der Waals surface area contributed by atoms with Crippen LogP contribution in [-0.2, 0) is 12.1 Å². The average molecular weight is 349 g/mol. The summed E-state index contributed by atoms with van der Waals surface area (Å²) in [7, 11) is 0. The number of hydrogen-bond donors (Lipinski definition) is 1. The van der Waals surface area contributed by atoms with Gasteiger partial charge in [0, 0.05) is 25.6 Å². The summed E-state index contributed by atoms with van der Waals surface area (Å²) in [6.07, 6.45) is 3.14. The van der Waals surface area contributed by atoms with Crippen LogP contribution in [0.15, 0.2) is 53.2 Å². The van der Waals surface area contributed by atoms with E-state index in [4.69, 9.17) is 4.63 Å². The monoisotopic (exact) mass is 349 g/mol. The second kappa shape index (κ2) is 6.18. The van der Waals surface area contributed by atoms with Crippen molar-refractivity contribution in [1.82, 2.24) is 15.2 Å². The maximum atomic E-state index is 11.6. The first-order chi connectivity index (χ1) is 12.7. The van der Waals surface area contributed by atoms with Gasteiger partial charge in [-0.1, -0.05) is 42.5 Å². The lowest BCUT2D eigenvalue weighted by Crippen LogP contribution is -2.42. The first-order valence-electron chi connectivity index (χ1n) is 9.44. The SMILES string of the molecule is O[C@]1(c2ccccc2)CCC[C@@H]2CN(Cc3cccc4nonc34)C[C@@H]21. The molecule has 0 bridgehead atoms.